The fourth-order valence-corrected chi connectivity index (χ4v) is 0.808. The Morgan fingerprint density at radius 3 is 2.93 bits per heavy atom. The van der Waals surface area contributed by atoms with Gasteiger partial charge in [0.1, 0.15) is 0 Å². The topological polar surface area (TPSA) is 65.2 Å². The quantitative estimate of drug-likeness (QED) is 0.535. The van der Waals surface area contributed by atoms with E-state index in [1.807, 2.05) is 6.92 Å². The third-order valence-electron chi connectivity index (χ3n) is 1.45. The molecule has 0 bridgehead atoms. The highest BCUT2D eigenvalue weighted by Crippen LogP contribution is 2.00. The predicted octanol–water partition coefficient (Wildman–Crippen LogP) is 1.21. The van der Waals surface area contributed by atoms with Crippen LogP contribution in [0.4, 0.5) is 0 Å². The monoisotopic (exact) mass is 196 g/mol. The molecule has 0 fully saturated rings. The molecule has 1 aromatic rings. The van der Waals surface area contributed by atoms with Gasteiger partial charge in [0.05, 0.1) is 6.61 Å². The first-order valence-corrected chi connectivity index (χ1v) is 4.43. The summed E-state index contributed by atoms with van der Waals surface area (Å²) in [5, 5.41) is 3.67. The highest BCUT2D eigenvalue weighted by atomic mass is 16.5. The molecular formula is C9H12N2O3. The minimum absolute atomic E-state index is 0.315. The van der Waals surface area contributed by atoms with Crippen molar-refractivity contribution >= 4 is 12.0 Å². The second-order valence-corrected chi connectivity index (χ2v) is 2.49. The summed E-state index contributed by atoms with van der Waals surface area (Å²) in [6.07, 6.45) is 3.40. The standard InChI is InChI=1S/C9H12N2O3/c1-3-7-10-8(14-11-7)5-6-9(12)13-4-2/h5-6H,3-4H2,1-2H3/b6-5+. The Labute approximate surface area is 81.8 Å². The summed E-state index contributed by atoms with van der Waals surface area (Å²) in [6.45, 7) is 4.02. The minimum Gasteiger partial charge on any atom is -0.463 e. The maximum absolute atomic E-state index is 10.9. The van der Waals surface area contributed by atoms with Gasteiger partial charge in [-0.3, -0.25) is 0 Å². The van der Waals surface area contributed by atoms with E-state index in [0.29, 0.717) is 24.7 Å². The number of rotatable bonds is 4. The van der Waals surface area contributed by atoms with Crippen LogP contribution in [0.2, 0.25) is 0 Å². The van der Waals surface area contributed by atoms with Crippen molar-refractivity contribution in [3.05, 3.63) is 17.8 Å². The molecule has 1 aromatic heterocycles. The molecule has 0 aromatic carbocycles. The lowest BCUT2D eigenvalue weighted by Gasteiger charge is -1.92. The summed E-state index contributed by atoms with van der Waals surface area (Å²) < 4.78 is 9.51. The van der Waals surface area contributed by atoms with Crippen molar-refractivity contribution in [2.24, 2.45) is 0 Å². The molecule has 5 heteroatoms. The summed E-state index contributed by atoms with van der Waals surface area (Å²) >= 11 is 0. The first kappa shape index (κ1) is 10.4. The highest BCUT2D eigenvalue weighted by Gasteiger charge is 2.01. The van der Waals surface area contributed by atoms with Crippen LogP contribution in [-0.2, 0) is 16.0 Å². The van der Waals surface area contributed by atoms with E-state index < -0.39 is 5.97 Å². The Hall–Kier alpha value is -1.65. The predicted molar refractivity (Wildman–Crippen MR) is 49.3 cm³/mol. The van der Waals surface area contributed by atoms with E-state index in [2.05, 4.69) is 14.9 Å². The Morgan fingerprint density at radius 1 is 1.57 bits per heavy atom. The van der Waals surface area contributed by atoms with Crippen molar-refractivity contribution in [1.82, 2.24) is 10.1 Å². The van der Waals surface area contributed by atoms with E-state index >= 15 is 0 Å². The van der Waals surface area contributed by atoms with Crippen LogP contribution in [0.25, 0.3) is 6.08 Å². The number of ether oxygens (including phenoxy) is 1. The highest BCUT2D eigenvalue weighted by molar-refractivity contribution is 5.86. The van der Waals surface area contributed by atoms with Crippen LogP contribution in [0.1, 0.15) is 25.6 Å². The van der Waals surface area contributed by atoms with Crippen LogP contribution in [0.15, 0.2) is 10.6 Å². The Kier molecular flexibility index (Phi) is 3.84. The molecule has 0 aliphatic rings. The fraction of sp³-hybridized carbons (Fsp3) is 0.444. The summed E-state index contributed by atoms with van der Waals surface area (Å²) in [5.74, 6) is 0.521. The Balaban J connectivity index is 2.55. The molecule has 1 rings (SSSR count). The van der Waals surface area contributed by atoms with E-state index in [1.54, 1.807) is 6.92 Å². The van der Waals surface area contributed by atoms with Crippen molar-refractivity contribution in [1.29, 1.82) is 0 Å². The number of carbonyl (C=O) groups excluding carboxylic acids is 1. The number of aryl methyl sites for hydroxylation is 1. The number of nitrogens with zero attached hydrogens (tertiary/aromatic N) is 2. The second-order valence-electron chi connectivity index (χ2n) is 2.49. The largest absolute Gasteiger partial charge is 0.463 e. The lowest BCUT2D eigenvalue weighted by atomic mass is 10.4. The van der Waals surface area contributed by atoms with Gasteiger partial charge in [-0.05, 0) is 6.92 Å². The van der Waals surface area contributed by atoms with Gasteiger partial charge >= 0.3 is 5.97 Å². The van der Waals surface area contributed by atoms with E-state index in [1.165, 1.54) is 12.2 Å². The van der Waals surface area contributed by atoms with Gasteiger partial charge in [-0.1, -0.05) is 12.1 Å². The van der Waals surface area contributed by atoms with Crippen LogP contribution >= 0.6 is 0 Å². The zero-order valence-corrected chi connectivity index (χ0v) is 8.19. The van der Waals surface area contributed by atoms with E-state index in [-0.39, 0.29) is 0 Å². The molecule has 0 radical (unpaired) electrons. The van der Waals surface area contributed by atoms with Gasteiger partial charge in [-0.2, -0.15) is 4.98 Å². The Morgan fingerprint density at radius 2 is 2.36 bits per heavy atom. The van der Waals surface area contributed by atoms with Gasteiger partial charge in [0, 0.05) is 18.6 Å². The van der Waals surface area contributed by atoms with Gasteiger partial charge in [-0.25, -0.2) is 4.79 Å². The molecule has 0 spiro atoms. The van der Waals surface area contributed by atoms with Gasteiger partial charge in [0.2, 0.25) is 0 Å². The molecule has 0 saturated heterocycles. The van der Waals surface area contributed by atoms with Gasteiger partial charge in [0.15, 0.2) is 5.82 Å². The van der Waals surface area contributed by atoms with E-state index in [9.17, 15) is 4.79 Å². The molecule has 5 nitrogen and oxygen atoms in total. The maximum atomic E-state index is 10.9. The first-order chi connectivity index (χ1) is 6.76. The molecule has 0 atom stereocenters. The molecule has 0 aliphatic heterocycles. The molecule has 1 heterocycles. The van der Waals surface area contributed by atoms with Crippen molar-refractivity contribution in [2.45, 2.75) is 20.3 Å². The first-order valence-electron chi connectivity index (χ1n) is 4.43. The normalized spacial score (nSPS) is 10.7. The van der Waals surface area contributed by atoms with Crippen molar-refractivity contribution in [3.63, 3.8) is 0 Å². The van der Waals surface area contributed by atoms with Gasteiger partial charge < -0.3 is 9.26 Å². The lowest BCUT2D eigenvalue weighted by molar-refractivity contribution is -0.137. The maximum Gasteiger partial charge on any atom is 0.330 e. The van der Waals surface area contributed by atoms with Crippen LogP contribution in [0.5, 0.6) is 0 Å². The molecule has 76 valence electrons. The third kappa shape index (κ3) is 3.01. The molecule has 0 unspecified atom stereocenters. The fourth-order valence-electron chi connectivity index (χ4n) is 0.808. The summed E-state index contributed by atoms with van der Waals surface area (Å²) in [6, 6.07) is 0. The smallest absolute Gasteiger partial charge is 0.330 e. The van der Waals surface area contributed by atoms with Crippen molar-refractivity contribution in [3.8, 4) is 0 Å². The zero-order chi connectivity index (χ0) is 10.4. The molecule has 14 heavy (non-hydrogen) atoms. The molecule has 0 N–H and O–H groups in total. The minimum atomic E-state index is -0.413. The van der Waals surface area contributed by atoms with Crippen LogP contribution in [0.3, 0.4) is 0 Å². The van der Waals surface area contributed by atoms with E-state index in [4.69, 9.17) is 4.52 Å². The molecule has 0 amide bonds. The number of aromatic nitrogens is 2. The van der Waals surface area contributed by atoms with Crippen LogP contribution in [0, 0.1) is 0 Å². The van der Waals surface area contributed by atoms with Crippen molar-refractivity contribution < 1.29 is 14.1 Å². The summed E-state index contributed by atoms with van der Waals surface area (Å²) in [5.41, 5.74) is 0. The SMILES string of the molecule is CCOC(=O)/C=C/c1nc(CC)no1. The van der Waals surface area contributed by atoms with Crippen LogP contribution in [-0.4, -0.2) is 22.7 Å². The third-order valence-corrected chi connectivity index (χ3v) is 1.45. The molecule has 0 saturated carbocycles. The number of hydrogen-bond donors (Lipinski definition) is 0. The average Bonchev–Trinajstić information content (AvgIpc) is 2.63. The van der Waals surface area contributed by atoms with Gasteiger partial charge in [0.25, 0.3) is 5.89 Å². The van der Waals surface area contributed by atoms with Crippen LogP contribution < -0.4 is 0 Å². The number of esters is 1. The number of hydrogen-bond acceptors (Lipinski definition) is 5. The second kappa shape index (κ2) is 5.16. The zero-order valence-electron chi connectivity index (χ0n) is 8.19. The Bertz CT molecular complexity index is 331. The van der Waals surface area contributed by atoms with Gasteiger partial charge in [-0.15, -0.1) is 0 Å². The summed E-state index contributed by atoms with van der Waals surface area (Å²) in [4.78, 5) is 14.9. The number of carbonyl (C=O) groups is 1. The molecular weight excluding hydrogens is 184 g/mol. The molecule has 0 aliphatic carbocycles. The van der Waals surface area contributed by atoms with E-state index in [0.717, 1.165) is 0 Å². The van der Waals surface area contributed by atoms with Crippen molar-refractivity contribution in [2.75, 3.05) is 6.61 Å². The lowest BCUT2D eigenvalue weighted by Crippen LogP contribution is -1.98. The summed E-state index contributed by atoms with van der Waals surface area (Å²) in [7, 11) is 0. The average molecular weight is 196 g/mol.